The van der Waals surface area contributed by atoms with Crippen molar-refractivity contribution in [3.05, 3.63) is 93.5 Å². The van der Waals surface area contributed by atoms with E-state index in [1.807, 2.05) is 53.7 Å². The fraction of sp³-hybridized carbons (Fsp3) is 0.321. The SMILES string of the molecule is Cc1ccc(S(=O)(=O)N(CC(=O)N[C@H](C)c2cc(C)c(C)cc2C)c2cccc(C)c2C)cc1. The van der Waals surface area contributed by atoms with Crippen LogP contribution in [0, 0.1) is 41.5 Å². The van der Waals surface area contributed by atoms with Crippen molar-refractivity contribution in [1.82, 2.24) is 5.32 Å². The minimum Gasteiger partial charge on any atom is -0.348 e. The molecule has 1 N–H and O–H groups in total. The Balaban J connectivity index is 1.96. The summed E-state index contributed by atoms with van der Waals surface area (Å²) in [5.41, 5.74) is 7.72. The molecular formula is C28H34N2O3S. The van der Waals surface area contributed by atoms with Crippen LogP contribution in [-0.2, 0) is 14.8 Å². The van der Waals surface area contributed by atoms with Crippen molar-refractivity contribution in [2.45, 2.75) is 59.4 Å². The predicted molar refractivity (Wildman–Crippen MR) is 139 cm³/mol. The third-order valence-corrected chi connectivity index (χ3v) is 8.24. The highest BCUT2D eigenvalue weighted by Crippen LogP contribution is 2.29. The first kappa shape index (κ1) is 25.5. The zero-order valence-electron chi connectivity index (χ0n) is 21.1. The fourth-order valence-electron chi connectivity index (χ4n) is 4.09. The maximum absolute atomic E-state index is 13.7. The molecule has 0 bridgehead atoms. The van der Waals surface area contributed by atoms with Gasteiger partial charge in [-0.3, -0.25) is 9.10 Å². The maximum atomic E-state index is 13.7. The number of carbonyl (C=O) groups excluding carboxylic acids is 1. The Morgan fingerprint density at radius 2 is 1.47 bits per heavy atom. The minimum absolute atomic E-state index is 0.157. The topological polar surface area (TPSA) is 66.5 Å². The van der Waals surface area contributed by atoms with Crippen molar-refractivity contribution in [2.24, 2.45) is 0 Å². The molecule has 0 radical (unpaired) electrons. The van der Waals surface area contributed by atoms with Gasteiger partial charge in [0.15, 0.2) is 0 Å². The summed E-state index contributed by atoms with van der Waals surface area (Å²) in [6, 6.07) is 16.1. The second kappa shape index (κ2) is 10.0. The molecule has 5 nitrogen and oxygen atoms in total. The number of hydrogen-bond acceptors (Lipinski definition) is 3. The molecule has 0 fully saturated rings. The van der Waals surface area contributed by atoms with E-state index in [9.17, 15) is 13.2 Å². The van der Waals surface area contributed by atoms with Crippen LogP contribution in [0.1, 0.15) is 51.9 Å². The number of aryl methyl sites for hydroxylation is 5. The summed E-state index contributed by atoms with van der Waals surface area (Å²) < 4.78 is 28.6. The van der Waals surface area contributed by atoms with Gasteiger partial charge in [-0.15, -0.1) is 0 Å². The summed E-state index contributed by atoms with van der Waals surface area (Å²) in [5, 5.41) is 3.01. The van der Waals surface area contributed by atoms with E-state index in [2.05, 4.69) is 24.4 Å². The molecule has 0 unspecified atom stereocenters. The molecule has 3 aromatic rings. The lowest BCUT2D eigenvalue weighted by Crippen LogP contribution is -2.42. The molecule has 0 aliphatic rings. The molecule has 1 atom stereocenters. The first-order valence-corrected chi connectivity index (χ1v) is 12.9. The van der Waals surface area contributed by atoms with Crippen LogP contribution in [0.4, 0.5) is 5.69 Å². The molecule has 6 heteroatoms. The number of nitrogens with zero attached hydrogens (tertiary/aromatic N) is 1. The molecule has 1 amide bonds. The molecule has 0 aromatic heterocycles. The van der Waals surface area contributed by atoms with E-state index in [1.54, 1.807) is 30.3 Å². The van der Waals surface area contributed by atoms with Crippen molar-refractivity contribution in [1.29, 1.82) is 0 Å². The summed E-state index contributed by atoms with van der Waals surface area (Å²) in [7, 11) is -3.95. The van der Waals surface area contributed by atoms with Gasteiger partial charge in [-0.05, 0) is 100 Å². The lowest BCUT2D eigenvalue weighted by atomic mass is 9.96. The van der Waals surface area contributed by atoms with Crippen LogP contribution < -0.4 is 9.62 Å². The highest BCUT2D eigenvalue weighted by molar-refractivity contribution is 7.92. The molecule has 0 heterocycles. The molecule has 0 saturated heterocycles. The number of rotatable bonds is 7. The Kier molecular flexibility index (Phi) is 7.51. The van der Waals surface area contributed by atoms with Crippen LogP contribution in [0.3, 0.4) is 0 Å². The average molecular weight is 479 g/mol. The number of benzene rings is 3. The van der Waals surface area contributed by atoms with Crippen LogP contribution in [0.2, 0.25) is 0 Å². The zero-order valence-corrected chi connectivity index (χ0v) is 21.9. The van der Waals surface area contributed by atoms with E-state index in [0.717, 1.165) is 33.4 Å². The van der Waals surface area contributed by atoms with Gasteiger partial charge in [0.25, 0.3) is 10.0 Å². The summed E-state index contributed by atoms with van der Waals surface area (Å²) in [6.45, 7) is 13.5. The number of carbonyl (C=O) groups is 1. The Morgan fingerprint density at radius 1 is 0.853 bits per heavy atom. The monoisotopic (exact) mass is 478 g/mol. The van der Waals surface area contributed by atoms with Crippen LogP contribution in [0.5, 0.6) is 0 Å². The Hall–Kier alpha value is -3.12. The summed E-state index contributed by atoms with van der Waals surface area (Å²) in [5.74, 6) is -0.360. The normalized spacial score (nSPS) is 12.3. The van der Waals surface area contributed by atoms with Gasteiger partial charge in [0.1, 0.15) is 6.54 Å². The number of amides is 1. The van der Waals surface area contributed by atoms with Crippen molar-refractivity contribution >= 4 is 21.6 Å². The van der Waals surface area contributed by atoms with Crippen molar-refractivity contribution in [3.63, 3.8) is 0 Å². The van der Waals surface area contributed by atoms with Gasteiger partial charge in [0.05, 0.1) is 16.6 Å². The zero-order chi connectivity index (χ0) is 25.2. The Morgan fingerprint density at radius 3 is 2.12 bits per heavy atom. The minimum atomic E-state index is -3.95. The summed E-state index contributed by atoms with van der Waals surface area (Å²) in [4.78, 5) is 13.3. The van der Waals surface area contributed by atoms with E-state index < -0.39 is 10.0 Å². The first-order chi connectivity index (χ1) is 15.9. The van der Waals surface area contributed by atoms with Gasteiger partial charge >= 0.3 is 0 Å². The highest BCUT2D eigenvalue weighted by Gasteiger charge is 2.29. The van der Waals surface area contributed by atoms with E-state index in [1.165, 1.54) is 9.87 Å². The van der Waals surface area contributed by atoms with Crippen LogP contribution in [0.25, 0.3) is 0 Å². The molecule has 180 valence electrons. The number of anilines is 1. The quantitative estimate of drug-likeness (QED) is 0.480. The molecule has 3 rings (SSSR count). The van der Waals surface area contributed by atoms with Crippen molar-refractivity contribution < 1.29 is 13.2 Å². The third kappa shape index (κ3) is 5.33. The molecule has 34 heavy (non-hydrogen) atoms. The Bertz CT molecular complexity index is 1310. The van der Waals surface area contributed by atoms with E-state index in [-0.39, 0.29) is 23.4 Å². The van der Waals surface area contributed by atoms with E-state index >= 15 is 0 Å². The lowest BCUT2D eigenvalue weighted by Gasteiger charge is -2.27. The molecule has 0 aliphatic carbocycles. The standard InChI is InChI=1S/C28H34N2O3S/c1-18-11-13-25(14-12-18)34(32,33)30(27-10-8-9-19(2)23(27)6)17-28(31)29-24(7)26-16-21(4)20(3)15-22(26)5/h8-16,24H,17H2,1-7H3,(H,29,31)/t24-/m1/s1. The van der Waals surface area contributed by atoms with Gasteiger partial charge in [-0.2, -0.15) is 0 Å². The second-order valence-electron chi connectivity index (χ2n) is 9.13. The van der Waals surface area contributed by atoms with Gasteiger partial charge in [0.2, 0.25) is 5.91 Å². The summed E-state index contributed by atoms with van der Waals surface area (Å²) >= 11 is 0. The number of nitrogens with one attached hydrogen (secondary N) is 1. The van der Waals surface area contributed by atoms with E-state index in [4.69, 9.17) is 0 Å². The maximum Gasteiger partial charge on any atom is 0.264 e. The van der Waals surface area contributed by atoms with Gasteiger partial charge in [0, 0.05) is 0 Å². The van der Waals surface area contributed by atoms with Crippen LogP contribution in [0.15, 0.2) is 59.5 Å². The van der Waals surface area contributed by atoms with Gasteiger partial charge in [-0.1, -0.05) is 42.0 Å². The molecule has 0 spiro atoms. The van der Waals surface area contributed by atoms with Crippen LogP contribution in [-0.4, -0.2) is 20.9 Å². The Labute approximate surface area is 203 Å². The summed E-state index contributed by atoms with van der Waals surface area (Å²) in [6.07, 6.45) is 0. The molecular weight excluding hydrogens is 444 g/mol. The third-order valence-electron chi connectivity index (χ3n) is 6.47. The lowest BCUT2D eigenvalue weighted by molar-refractivity contribution is -0.120. The molecule has 0 saturated carbocycles. The highest BCUT2D eigenvalue weighted by atomic mass is 32.2. The molecule has 3 aromatic carbocycles. The van der Waals surface area contributed by atoms with Crippen molar-refractivity contribution in [3.8, 4) is 0 Å². The first-order valence-electron chi connectivity index (χ1n) is 11.4. The second-order valence-corrected chi connectivity index (χ2v) is 11.0. The molecule has 0 aliphatic heterocycles. The van der Waals surface area contributed by atoms with Gasteiger partial charge < -0.3 is 5.32 Å². The fourth-order valence-corrected chi connectivity index (χ4v) is 5.57. The van der Waals surface area contributed by atoms with Crippen molar-refractivity contribution in [2.75, 3.05) is 10.8 Å². The number of hydrogen-bond donors (Lipinski definition) is 1. The average Bonchev–Trinajstić information content (AvgIpc) is 2.77. The largest absolute Gasteiger partial charge is 0.348 e. The number of sulfonamides is 1. The predicted octanol–water partition coefficient (Wildman–Crippen LogP) is 5.61. The van der Waals surface area contributed by atoms with Gasteiger partial charge in [-0.25, -0.2) is 8.42 Å². The smallest absolute Gasteiger partial charge is 0.264 e. The van der Waals surface area contributed by atoms with E-state index in [0.29, 0.717) is 5.69 Å². The van der Waals surface area contributed by atoms with Crippen LogP contribution >= 0.6 is 0 Å².